The molecule has 0 aromatic heterocycles. The summed E-state index contributed by atoms with van der Waals surface area (Å²) in [5.74, 6) is -0.00785. The van der Waals surface area contributed by atoms with Gasteiger partial charge in [-0.2, -0.15) is 0 Å². The lowest BCUT2D eigenvalue weighted by molar-refractivity contribution is 0.0936. The molecule has 0 fully saturated rings. The van der Waals surface area contributed by atoms with Crippen LogP contribution >= 0.6 is 0 Å². The molecule has 0 bridgehead atoms. The van der Waals surface area contributed by atoms with Crippen molar-refractivity contribution in [3.8, 4) is 0 Å². The van der Waals surface area contributed by atoms with Gasteiger partial charge in [-0.05, 0) is 43.9 Å². The van der Waals surface area contributed by atoms with Crippen molar-refractivity contribution in [2.45, 2.75) is 34.6 Å². The fourth-order valence-corrected chi connectivity index (χ4v) is 2.02. The molecule has 0 aliphatic heterocycles. The van der Waals surface area contributed by atoms with Gasteiger partial charge in [0.1, 0.15) is 0 Å². The fourth-order valence-electron chi connectivity index (χ4n) is 2.02. The highest BCUT2D eigenvalue weighted by molar-refractivity contribution is 5.97. The van der Waals surface area contributed by atoms with E-state index < -0.39 is 0 Å². The van der Waals surface area contributed by atoms with E-state index in [-0.39, 0.29) is 11.3 Å². The van der Waals surface area contributed by atoms with Crippen LogP contribution in [0.3, 0.4) is 0 Å². The van der Waals surface area contributed by atoms with E-state index in [0.29, 0.717) is 13.1 Å². The first-order chi connectivity index (χ1) is 8.26. The first kappa shape index (κ1) is 14.7. The molecule has 0 aliphatic rings. The topological polar surface area (TPSA) is 55.1 Å². The molecule has 0 unspecified atom stereocenters. The Balaban J connectivity index is 2.86. The van der Waals surface area contributed by atoms with Crippen LogP contribution in [0.15, 0.2) is 12.1 Å². The van der Waals surface area contributed by atoms with E-state index in [1.54, 1.807) is 0 Å². The van der Waals surface area contributed by atoms with Crippen molar-refractivity contribution in [3.63, 3.8) is 0 Å². The number of hydrogen-bond donors (Lipinski definition) is 2. The minimum Gasteiger partial charge on any atom is -0.351 e. The Kier molecular flexibility index (Phi) is 4.52. The summed E-state index contributed by atoms with van der Waals surface area (Å²) in [4.78, 5) is 12.2. The van der Waals surface area contributed by atoms with Crippen LogP contribution in [0.4, 0.5) is 0 Å². The van der Waals surface area contributed by atoms with E-state index >= 15 is 0 Å². The summed E-state index contributed by atoms with van der Waals surface area (Å²) in [5.41, 5.74) is 9.61. The molecular weight excluding hydrogens is 224 g/mol. The Morgan fingerprint density at radius 3 is 2.17 bits per heavy atom. The number of nitrogens with one attached hydrogen (secondary N) is 1. The molecule has 0 radical (unpaired) electrons. The summed E-state index contributed by atoms with van der Waals surface area (Å²) >= 11 is 0. The highest BCUT2D eigenvalue weighted by Crippen LogP contribution is 2.17. The molecule has 3 heteroatoms. The molecule has 18 heavy (non-hydrogen) atoms. The molecule has 3 N–H and O–H groups in total. The third kappa shape index (κ3) is 3.57. The van der Waals surface area contributed by atoms with Crippen LogP contribution in [0, 0.1) is 26.2 Å². The van der Waals surface area contributed by atoms with Gasteiger partial charge >= 0.3 is 0 Å². The normalized spacial score (nSPS) is 11.4. The molecule has 1 aromatic rings. The average Bonchev–Trinajstić information content (AvgIpc) is 2.25. The zero-order valence-electron chi connectivity index (χ0n) is 12.1. The van der Waals surface area contributed by atoms with Gasteiger partial charge < -0.3 is 11.1 Å². The van der Waals surface area contributed by atoms with Gasteiger partial charge in [0.15, 0.2) is 0 Å². The van der Waals surface area contributed by atoms with Crippen molar-refractivity contribution >= 4 is 5.91 Å². The SMILES string of the molecule is Cc1cc(C)c(C(=O)NCC(C)(C)CN)c(C)c1. The van der Waals surface area contributed by atoms with Crippen LogP contribution < -0.4 is 11.1 Å². The number of carbonyl (C=O) groups excluding carboxylic acids is 1. The minimum absolute atomic E-state index is 0.00785. The first-order valence-electron chi connectivity index (χ1n) is 6.33. The maximum atomic E-state index is 12.2. The molecule has 100 valence electrons. The van der Waals surface area contributed by atoms with E-state index in [1.807, 2.05) is 46.8 Å². The van der Waals surface area contributed by atoms with Gasteiger partial charge in [-0.15, -0.1) is 0 Å². The standard InChI is InChI=1S/C15H24N2O/c1-10-6-11(2)13(12(3)7-10)14(18)17-9-15(4,5)8-16/h6-7H,8-9,16H2,1-5H3,(H,17,18). The first-order valence-corrected chi connectivity index (χ1v) is 6.33. The zero-order valence-corrected chi connectivity index (χ0v) is 12.1. The fraction of sp³-hybridized carbons (Fsp3) is 0.533. The molecule has 1 aromatic carbocycles. The van der Waals surface area contributed by atoms with E-state index in [1.165, 1.54) is 5.56 Å². The monoisotopic (exact) mass is 248 g/mol. The van der Waals surface area contributed by atoms with Gasteiger partial charge in [-0.1, -0.05) is 31.5 Å². The van der Waals surface area contributed by atoms with Crippen molar-refractivity contribution in [1.82, 2.24) is 5.32 Å². The summed E-state index contributed by atoms with van der Waals surface area (Å²) in [6.07, 6.45) is 0. The van der Waals surface area contributed by atoms with Crippen molar-refractivity contribution in [1.29, 1.82) is 0 Å². The number of aryl methyl sites for hydroxylation is 3. The van der Waals surface area contributed by atoms with Crippen LogP contribution in [0.25, 0.3) is 0 Å². The van der Waals surface area contributed by atoms with Gasteiger partial charge in [0.2, 0.25) is 0 Å². The summed E-state index contributed by atoms with van der Waals surface area (Å²) in [5, 5.41) is 2.97. The minimum atomic E-state index is -0.0673. The number of benzene rings is 1. The lowest BCUT2D eigenvalue weighted by atomic mass is 9.93. The molecule has 1 rings (SSSR count). The van der Waals surface area contributed by atoms with Crippen LogP contribution in [-0.2, 0) is 0 Å². The summed E-state index contributed by atoms with van der Waals surface area (Å²) in [7, 11) is 0. The zero-order chi connectivity index (χ0) is 13.9. The third-order valence-electron chi connectivity index (χ3n) is 3.18. The van der Waals surface area contributed by atoms with Gasteiger partial charge in [0.05, 0.1) is 0 Å². The molecule has 0 spiro atoms. The summed E-state index contributed by atoms with van der Waals surface area (Å²) in [6, 6.07) is 4.08. The molecular formula is C15H24N2O. The molecule has 0 heterocycles. The van der Waals surface area contributed by atoms with E-state index in [0.717, 1.165) is 16.7 Å². The largest absolute Gasteiger partial charge is 0.351 e. The van der Waals surface area contributed by atoms with Crippen LogP contribution in [-0.4, -0.2) is 19.0 Å². The van der Waals surface area contributed by atoms with E-state index in [2.05, 4.69) is 5.32 Å². The predicted octanol–water partition coefficient (Wildman–Crippen LogP) is 2.33. The number of rotatable bonds is 4. The summed E-state index contributed by atoms with van der Waals surface area (Å²) in [6.45, 7) is 11.2. The Hall–Kier alpha value is -1.35. The highest BCUT2D eigenvalue weighted by Gasteiger charge is 2.19. The van der Waals surface area contributed by atoms with Crippen LogP contribution in [0.2, 0.25) is 0 Å². The Bertz CT molecular complexity index is 427. The van der Waals surface area contributed by atoms with Gasteiger partial charge in [-0.25, -0.2) is 0 Å². The smallest absolute Gasteiger partial charge is 0.251 e. The number of nitrogens with two attached hydrogens (primary N) is 1. The van der Waals surface area contributed by atoms with Crippen molar-refractivity contribution in [3.05, 3.63) is 34.4 Å². The van der Waals surface area contributed by atoms with Crippen molar-refractivity contribution in [2.75, 3.05) is 13.1 Å². The predicted molar refractivity (Wildman–Crippen MR) is 75.8 cm³/mol. The summed E-state index contributed by atoms with van der Waals surface area (Å²) < 4.78 is 0. The average molecular weight is 248 g/mol. The maximum Gasteiger partial charge on any atom is 0.251 e. The van der Waals surface area contributed by atoms with E-state index in [9.17, 15) is 4.79 Å². The molecule has 1 amide bonds. The lowest BCUT2D eigenvalue weighted by Crippen LogP contribution is -2.38. The van der Waals surface area contributed by atoms with Crippen molar-refractivity contribution in [2.24, 2.45) is 11.1 Å². The quantitative estimate of drug-likeness (QED) is 0.859. The maximum absolute atomic E-state index is 12.2. The lowest BCUT2D eigenvalue weighted by Gasteiger charge is -2.23. The van der Waals surface area contributed by atoms with Gasteiger partial charge in [0.25, 0.3) is 5.91 Å². The molecule has 0 saturated carbocycles. The number of hydrogen-bond acceptors (Lipinski definition) is 2. The molecule has 0 saturated heterocycles. The molecule has 0 aliphatic carbocycles. The van der Waals surface area contributed by atoms with Gasteiger partial charge in [0, 0.05) is 12.1 Å². The van der Waals surface area contributed by atoms with Crippen LogP contribution in [0.1, 0.15) is 40.9 Å². The highest BCUT2D eigenvalue weighted by atomic mass is 16.1. The molecule has 0 atom stereocenters. The van der Waals surface area contributed by atoms with Crippen LogP contribution in [0.5, 0.6) is 0 Å². The second-order valence-corrected chi connectivity index (χ2v) is 5.82. The molecule has 3 nitrogen and oxygen atoms in total. The second kappa shape index (κ2) is 5.53. The third-order valence-corrected chi connectivity index (χ3v) is 3.18. The Morgan fingerprint density at radius 2 is 1.72 bits per heavy atom. The number of carbonyl (C=O) groups is 1. The van der Waals surface area contributed by atoms with E-state index in [4.69, 9.17) is 5.73 Å². The van der Waals surface area contributed by atoms with Crippen molar-refractivity contribution < 1.29 is 4.79 Å². The Morgan fingerprint density at radius 1 is 1.22 bits per heavy atom. The Labute approximate surface area is 110 Å². The second-order valence-electron chi connectivity index (χ2n) is 5.82. The van der Waals surface area contributed by atoms with Gasteiger partial charge in [-0.3, -0.25) is 4.79 Å². The number of amides is 1.